The highest BCUT2D eigenvalue weighted by molar-refractivity contribution is 7.88. The van der Waals surface area contributed by atoms with Crippen LogP contribution in [0.25, 0.3) is 5.52 Å². The Labute approximate surface area is 155 Å². The zero-order valence-corrected chi connectivity index (χ0v) is 15.4. The van der Waals surface area contributed by atoms with Gasteiger partial charge < -0.3 is 14.7 Å². The summed E-state index contributed by atoms with van der Waals surface area (Å²) >= 11 is 0. The Kier molecular flexibility index (Phi) is 5.39. The highest BCUT2D eigenvalue weighted by atomic mass is 32.2. The zero-order valence-electron chi connectivity index (χ0n) is 14.6. The van der Waals surface area contributed by atoms with Gasteiger partial charge in [0.15, 0.2) is 0 Å². The molecular formula is C15H19N5O6S. The van der Waals surface area contributed by atoms with Crippen LogP contribution in [0.4, 0.5) is 0 Å². The van der Waals surface area contributed by atoms with Crippen LogP contribution in [0.15, 0.2) is 24.5 Å². The first-order valence-electron chi connectivity index (χ1n) is 8.12. The van der Waals surface area contributed by atoms with Crippen LogP contribution in [0.2, 0.25) is 0 Å². The van der Waals surface area contributed by atoms with E-state index >= 15 is 0 Å². The number of morpholine rings is 1. The van der Waals surface area contributed by atoms with E-state index in [1.165, 1.54) is 10.8 Å². The molecule has 1 unspecified atom stereocenters. The van der Waals surface area contributed by atoms with Crippen LogP contribution in [0, 0.1) is 0 Å². The molecule has 146 valence electrons. The molecule has 1 aliphatic rings. The lowest BCUT2D eigenvalue weighted by Gasteiger charge is -2.34. The van der Waals surface area contributed by atoms with Crippen LogP contribution in [0.5, 0.6) is 0 Å². The number of sulfonamides is 1. The first-order valence-corrected chi connectivity index (χ1v) is 9.97. The third-order valence-corrected chi connectivity index (χ3v) is 5.36. The van der Waals surface area contributed by atoms with E-state index in [1.54, 1.807) is 23.2 Å². The predicted octanol–water partition coefficient (Wildman–Crippen LogP) is -1.08. The predicted molar refractivity (Wildman–Crippen MR) is 92.7 cm³/mol. The molecule has 1 N–H and O–H groups in total. The van der Waals surface area contributed by atoms with E-state index in [0.717, 1.165) is 10.6 Å². The van der Waals surface area contributed by atoms with Gasteiger partial charge in [0.05, 0.1) is 30.7 Å². The van der Waals surface area contributed by atoms with E-state index in [9.17, 15) is 18.0 Å². The van der Waals surface area contributed by atoms with Gasteiger partial charge in [-0.3, -0.25) is 9.59 Å². The molecule has 0 saturated carbocycles. The highest BCUT2D eigenvalue weighted by Crippen LogP contribution is 2.16. The number of carbonyl (C=O) groups is 2. The number of aromatic nitrogens is 3. The van der Waals surface area contributed by atoms with E-state index in [4.69, 9.17) is 9.84 Å². The van der Waals surface area contributed by atoms with Crippen molar-refractivity contribution in [1.82, 2.24) is 24.0 Å². The number of nitrogens with zero attached hydrogens (tertiary/aromatic N) is 5. The van der Waals surface area contributed by atoms with Crippen LogP contribution in [-0.2, 0) is 19.6 Å². The summed E-state index contributed by atoms with van der Waals surface area (Å²) in [5.74, 6) is -1.53. The van der Waals surface area contributed by atoms with Gasteiger partial charge in [-0.05, 0) is 12.1 Å². The molecule has 0 aromatic carbocycles. The lowest BCUT2D eigenvalue weighted by molar-refractivity contribution is -0.137. The molecule has 1 saturated heterocycles. The summed E-state index contributed by atoms with van der Waals surface area (Å²) in [5, 5.41) is 17.0. The number of aliphatic carboxylic acids is 1. The molecule has 1 atom stereocenters. The van der Waals surface area contributed by atoms with Crippen LogP contribution in [0.3, 0.4) is 0 Å². The van der Waals surface area contributed by atoms with Crippen molar-refractivity contribution in [2.75, 3.05) is 39.0 Å². The molecule has 1 aliphatic heterocycles. The zero-order chi connectivity index (χ0) is 19.6. The molecule has 3 heterocycles. The Morgan fingerprint density at radius 1 is 1.41 bits per heavy atom. The molecule has 0 radical (unpaired) electrons. The standard InChI is InChI=1S/C15H19N5O6S/c1-27(24,25)19(10-14(21)22)9-11-8-18(5-6-26-11)15(23)12-7-17-20-13(12)3-2-4-16-20/h2-4,7,11H,5-6,8-10H2,1H3,(H,21,22). The second kappa shape index (κ2) is 7.58. The van der Waals surface area contributed by atoms with Gasteiger partial charge in [0.1, 0.15) is 12.1 Å². The van der Waals surface area contributed by atoms with Crippen LogP contribution < -0.4 is 0 Å². The monoisotopic (exact) mass is 397 g/mol. The van der Waals surface area contributed by atoms with E-state index in [-0.39, 0.29) is 25.6 Å². The molecule has 3 rings (SSSR count). The third-order valence-electron chi connectivity index (χ3n) is 4.15. The van der Waals surface area contributed by atoms with Gasteiger partial charge in [-0.2, -0.15) is 19.1 Å². The largest absolute Gasteiger partial charge is 0.480 e. The smallest absolute Gasteiger partial charge is 0.318 e. The molecule has 1 amide bonds. The molecule has 0 spiro atoms. The molecular weight excluding hydrogens is 378 g/mol. The maximum absolute atomic E-state index is 12.8. The summed E-state index contributed by atoms with van der Waals surface area (Å²) in [7, 11) is -3.72. The Morgan fingerprint density at radius 3 is 2.89 bits per heavy atom. The fourth-order valence-electron chi connectivity index (χ4n) is 2.88. The van der Waals surface area contributed by atoms with Crippen molar-refractivity contribution in [3.63, 3.8) is 0 Å². The summed E-state index contributed by atoms with van der Waals surface area (Å²) in [6, 6.07) is 3.43. The quantitative estimate of drug-likeness (QED) is 0.650. The van der Waals surface area contributed by atoms with E-state index in [0.29, 0.717) is 17.6 Å². The summed E-state index contributed by atoms with van der Waals surface area (Å²) in [6.07, 6.45) is 3.30. The molecule has 27 heavy (non-hydrogen) atoms. The average molecular weight is 397 g/mol. The number of hydrogen-bond acceptors (Lipinski definition) is 7. The van der Waals surface area contributed by atoms with E-state index in [1.807, 2.05) is 0 Å². The number of fused-ring (bicyclic) bond motifs is 1. The van der Waals surface area contributed by atoms with Gasteiger partial charge in [-0.25, -0.2) is 8.42 Å². The molecule has 2 aromatic heterocycles. The lowest BCUT2D eigenvalue weighted by atomic mass is 10.2. The van der Waals surface area contributed by atoms with Crippen molar-refractivity contribution in [2.24, 2.45) is 0 Å². The first-order chi connectivity index (χ1) is 12.8. The van der Waals surface area contributed by atoms with Gasteiger partial charge >= 0.3 is 5.97 Å². The number of carbonyl (C=O) groups excluding carboxylic acids is 1. The Morgan fingerprint density at radius 2 is 2.19 bits per heavy atom. The second-order valence-corrected chi connectivity index (χ2v) is 8.13. The van der Waals surface area contributed by atoms with Gasteiger partial charge in [0.25, 0.3) is 5.91 Å². The van der Waals surface area contributed by atoms with E-state index < -0.39 is 28.6 Å². The van der Waals surface area contributed by atoms with Crippen molar-refractivity contribution in [3.05, 3.63) is 30.1 Å². The lowest BCUT2D eigenvalue weighted by Crippen LogP contribution is -2.51. The summed E-state index contributed by atoms with van der Waals surface area (Å²) in [4.78, 5) is 25.3. The summed E-state index contributed by atoms with van der Waals surface area (Å²) in [6.45, 7) is -0.108. The summed E-state index contributed by atoms with van der Waals surface area (Å²) in [5.41, 5.74) is 0.948. The van der Waals surface area contributed by atoms with Crippen molar-refractivity contribution in [2.45, 2.75) is 6.10 Å². The van der Waals surface area contributed by atoms with Gasteiger partial charge in [-0.1, -0.05) is 0 Å². The van der Waals surface area contributed by atoms with Crippen molar-refractivity contribution < 1.29 is 27.9 Å². The molecule has 0 bridgehead atoms. The average Bonchev–Trinajstić information content (AvgIpc) is 3.04. The minimum absolute atomic E-state index is 0.141. The van der Waals surface area contributed by atoms with Crippen molar-refractivity contribution >= 4 is 27.4 Å². The number of rotatable bonds is 6. The van der Waals surface area contributed by atoms with Crippen molar-refractivity contribution in [1.29, 1.82) is 0 Å². The van der Waals surface area contributed by atoms with Crippen LogP contribution >= 0.6 is 0 Å². The first kappa shape index (κ1) is 19.2. The molecule has 0 aliphatic carbocycles. The molecule has 2 aromatic rings. The third kappa shape index (κ3) is 4.40. The number of hydrogen-bond donors (Lipinski definition) is 1. The second-order valence-electron chi connectivity index (χ2n) is 6.15. The van der Waals surface area contributed by atoms with E-state index in [2.05, 4.69) is 10.2 Å². The van der Waals surface area contributed by atoms with Gasteiger partial charge in [-0.15, -0.1) is 0 Å². The minimum Gasteiger partial charge on any atom is -0.480 e. The van der Waals surface area contributed by atoms with Crippen LogP contribution in [-0.4, -0.2) is 94.6 Å². The molecule has 12 heteroatoms. The summed E-state index contributed by atoms with van der Waals surface area (Å²) < 4.78 is 31.3. The highest BCUT2D eigenvalue weighted by Gasteiger charge is 2.31. The minimum atomic E-state index is -3.72. The Balaban J connectivity index is 1.73. The fourth-order valence-corrected chi connectivity index (χ4v) is 3.66. The normalized spacial score (nSPS) is 18.1. The SMILES string of the molecule is CS(=O)(=O)N(CC(=O)O)CC1CN(C(=O)c2cnn3ncccc23)CCO1. The number of ether oxygens (including phenoxy) is 1. The Bertz CT molecular complexity index is 959. The molecule has 11 nitrogen and oxygen atoms in total. The number of amides is 1. The fraction of sp³-hybridized carbons (Fsp3) is 0.467. The molecule has 1 fully saturated rings. The van der Waals surface area contributed by atoms with Crippen LogP contribution in [0.1, 0.15) is 10.4 Å². The Hall–Kier alpha value is -2.57. The van der Waals surface area contributed by atoms with Gasteiger partial charge in [0.2, 0.25) is 10.0 Å². The number of carboxylic acids is 1. The van der Waals surface area contributed by atoms with Crippen molar-refractivity contribution in [3.8, 4) is 0 Å². The topological polar surface area (TPSA) is 134 Å². The maximum atomic E-state index is 12.8. The maximum Gasteiger partial charge on any atom is 0.318 e. The number of carboxylic acid groups (broad SMARTS) is 1. The van der Waals surface area contributed by atoms with Gasteiger partial charge in [0, 0.05) is 25.8 Å².